The maximum absolute atomic E-state index is 12.6. The van der Waals surface area contributed by atoms with Crippen molar-refractivity contribution in [3.05, 3.63) is 18.3 Å². The summed E-state index contributed by atoms with van der Waals surface area (Å²) < 4.78 is 0. The van der Waals surface area contributed by atoms with Gasteiger partial charge in [-0.15, -0.1) is 5.10 Å². The van der Waals surface area contributed by atoms with Crippen molar-refractivity contribution in [3.63, 3.8) is 0 Å². The molecule has 2 aliphatic heterocycles. The highest BCUT2D eigenvalue weighted by Gasteiger charge is 2.26. The van der Waals surface area contributed by atoms with Crippen molar-refractivity contribution in [2.75, 3.05) is 44.2 Å². The van der Waals surface area contributed by atoms with Crippen LogP contribution in [0.5, 0.6) is 0 Å². The molecule has 0 spiro atoms. The number of hydrogen-bond acceptors (Lipinski definition) is 5. The van der Waals surface area contributed by atoms with Crippen LogP contribution in [0, 0.1) is 11.8 Å². The second-order valence-corrected chi connectivity index (χ2v) is 6.72. The van der Waals surface area contributed by atoms with E-state index in [1.807, 2.05) is 17.0 Å². The highest BCUT2D eigenvalue weighted by atomic mass is 16.2. The molecule has 1 aromatic rings. The van der Waals surface area contributed by atoms with Crippen molar-refractivity contribution in [3.8, 4) is 0 Å². The number of nitrogens with zero attached hydrogens (tertiary/aromatic N) is 4. The third-order valence-corrected chi connectivity index (χ3v) is 5.20. The van der Waals surface area contributed by atoms with Gasteiger partial charge in [0.2, 0.25) is 5.91 Å². The van der Waals surface area contributed by atoms with Crippen LogP contribution in [0.15, 0.2) is 18.3 Å². The van der Waals surface area contributed by atoms with Crippen LogP contribution < -0.4 is 10.2 Å². The van der Waals surface area contributed by atoms with Gasteiger partial charge in [-0.2, -0.15) is 5.10 Å². The second kappa shape index (κ2) is 7.73. The van der Waals surface area contributed by atoms with Crippen LogP contribution in [0.2, 0.25) is 0 Å². The van der Waals surface area contributed by atoms with Crippen LogP contribution in [0.1, 0.15) is 26.2 Å². The zero-order chi connectivity index (χ0) is 16.1. The first-order chi connectivity index (χ1) is 11.2. The minimum absolute atomic E-state index is 0.315. The SMILES string of the molecule is CC(CC(=O)N1CCN(c2cccnn2)CC1)C1CCNCC1. The molecule has 23 heavy (non-hydrogen) atoms. The number of rotatable bonds is 4. The molecule has 2 fully saturated rings. The average molecular weight is 317 g/mol. The number of piperazine rings is 1. The summed E-state index contributed by atoms with van der Waals surface area (Å²) in [5.74, 6) is 2.40. The van der Waals surface area contributed by atoms with Gasteiger partial charge in [0, 0.05) is 38.8 Å². The maximum atomic E-state index is 12.6. The van der Waals surface area contributed by atoms with Crippen LogP contribution in [0.4, 0.5) is 5.82 Å². The van der Waals surface area contributed by atoms with E-state index in [1.165, 1.54) is 12.8 Å². The molecular formula is C17H27N5O. The molecule has 0 radical (unpaired) electrons. The Bertz CT molecular complexity index is 495. The van der Waals surface area contributed by atoms with E-state index in [2.05, 4.69) is 27.3 Å². The molecule has 1 N–H and O–H groups in total. The van der Waals surface area contributed by atoms with E-state index in [4.69, 9.17) is 0 Å². The summed E-state index contributed by atoms with van der Waals surface area (Å²) in [4.78, 5) is 16.8. The number of piperidine rings is 1. The number of carbonyl (C=O) groups is 1. The highest BCUT2D eigenvalue weighted by Crippen LogP contribution is 2.25. The lowest BCUT2D eigenvalue weighted by atomic mass is 9.84. The fourth-order valence-electron chi connectivity index (χ4n) is 3.63. The number of nitrogens with one attached hydrogen (secondary N) is 1. The Hall–Kier alpha value is -1.69. The smallest absolute Gasteiger partial charge is 0.222 e. The van der Waals surface area contributed by atoms with Crippen LogP contribution in [0.25, 0.3) is 0 Å². The molecule has 0 bridgehead atoms. The van der Waals surface area contributed by atoms with Crippen molar-refractivity contribution in [2.45, 2.75) is 26.2 Å². The summed E-state index contributed by atoms with van der Waals surface area (Å²) >= 11 is 0. The quantitative estimate of drug-likeness (QED) is 0.903. The molecule has 1 amide bonds. The largest absolute Gasteiger partial charge is 0.352 e. The van der Waals surface area contributed by atoms with Crippen LogP contribution >= 0.6 is 0 Å². The van der Waals surface area contributed by atoms with Gasteiger partial charge < -0.3 is 15.1 Å². The Balaban J connectivity index is 1.46. The predicted molar refractivity (Wildman–Crippen MR) is 90.2 cm³/mol. The minimum Gasteiger partial charge on any atom is -0.352 e. The van der Waals surface area contributed by atoms with Gasteiger partial charge in [0.05, 0.1) is 0 Å². The maximum Gasteiger partial charge on any atom is 0.222 e. The molecule has 2 saturated heterocycles. The Morgan fingerprint density at radius 3 is 2.70 bits per heavy atom. The molecule has 3 heterocycles. The van der Waals surface area contributed by atoms with E-state index >= 15 is 0 Å². The number of amides is 1. The van der Waals surface area contributed by atoms with Crippen molar-refractivity contribution in [2.24, 2.45) is 11.8 Å². The fraction of sp³-hybridized carbons (Fsp3) is 0.706. The van der Waals surface area contributed by atoms with Crippen molar-refractivity contribution >= 4 is 11.7 Å². The number of hydrogen-bond donors (Lipinski definition) is 1. The fourth-order valence-corrected chi connectivity index (χ4v) is 3.63. The monoisotopic (exact) mass is 317 g/mol. The number of carbonyl (C=O) groups excluding carboxylic acids is 1. The molecule has 126 valence electrons. The molecule has 0 aromatic carbocycles. The third kappa shape index (κ3) is 4.19. The van der Waals surface area contributed by atoms with Crippen LogP contribution in [0.3, 0.4) is 0 Å². The first kappa shape index (κ1) is 16.2. The number of anilines is 1. The summed E-state index contributed by atoms with van der Waals surface area (Å²) in [6, 6.07) is 3.88. The van der Waals surface area contributed by atoms with E-state index in [9.17, 15) is 4.79 Å². The van der Waals surface area contributed by atoms with Gasteiger partial charge >= 0.3 is 0 Å². The van der Waals surface area contributed by atoms with Crippen molar-refractivity contribution in [1.29, 1.82) is 0 Å². The molecule has 3 rings (SSSR count). The Labute approximate surface area is 138 Å². The van der Waals surface area contributed by atoms with Crippen molar-refractivity contribution in [1.82, 2.24) is 20.4 Å². The zero-order valence-corrected chi connectivity index (χ0v) is 13.9. The third-order valence-electron chi connectivity index (χ3n) is 5.20. The van der Waals surface area contributed by atoms with E-state index in [0.717, 1.165) is 45.1 Å². The standard InChI is InChI=1S/C17H27N5O/c1-14(15-4-7-18-8-5-15)13-17(23)22-11-9-21(10-12-22)16-3-2-6-19-20-16/h2-3,6,14-15,18H,4-5,7-13H2,1H3. The van der Waals surface area contributed by atoms with Crippen LogP contribution in [-0.2, 0) is 4.79 Å². The lowest BCUT2D eigenvalue weighted by Gasteiger charge is -2.36. The van der Waals surface area contributed by atoms with E-state index in [-0.39, 0.29) is 0 Å². The first-order valence-electron chi connectivity index (χ1n) is 8.75. The Morgan fingerprint density at radius 2 is 2.04 bits per heavy atom. The molecule has 1 aromatic heterocycles. The van der Waals surface area contributed by atoms with Gasteiger partial charge in [-0.1, -0.05) is 6.92 Å². The lowest BCUT2D eigenvalue weighted by molar-refractivity contribution is -0.132. The molecular weight excluding hydrogens is 290 g/mol. The van der Waals surface area contributed by atoms with E-state index < -0.39 is 0 Å². The molecule has 6 heteroatoms. The predicted octanol–water partition coefficient (Wildman–Crippen LogP) is 1.15. The van der Waals surface area contributed by atoms with E-state index in [0.29, 0.717) is 24.2 Å². The number of aromatic nitrogens is 2. The molecule has 0 saturated carbocycles. The Kier molecular flexibility index (Phi) is 5.43. The molecule has 2 aliphatic rings. The Morgan fingerprint density at radius 1 is 1.30 bits per heavy atom. The first-order valence-corrected chi connectivity index (χ1v) is 8.75. The highest BCUT2D eigenvalue weighted by molar-refractivity contribution is 5.76. The summed E-state index contributed by atoms with van der Waals surface area (Å²) in [7, 11) is 0. The zero-order valence-electron chi connectivity index (χ0n) is 13.9. The van der Waals surface area contributed by atoms with Gasteiger partial charge in [0.25, 0.3) is 0 Å². The van der Waals surface area contributed by atoms with Gasteiger partial charge in [-0.3, -0.25) is 4.79 Å². The van der Waals surface area contributed by atoms with Gasteiger partial charge in [-0.05, 0) is 49.9 Å². The molecule has 0 aliphatic carbocycles. The topological polar surface area (TPSA) is 61.4 Å². The van der Waals surface area contributed by atoms with Gasteiger partial charge in [-0.25, -0.2) is 0 Å². The summed E-state index contributed by atoms with van der Waals surface area (Å²) in [6.07, 6.45) is 4.78. The molecule has 1 atom stereocenters. The van der Waals surface area contributed by atoms with Crippen LogP contribution in [-0.4, -0.2) is 60.3 Å². The second-order valence-electron chi connectivity index (χ2n) is 6.72. The van der Waals surface area contributed by atoms with Crippen molar-refractivity contribution < 1.29 is 4.79 Å². The molecule has 1 unspecified atom stereocenters. The normalized spacial score (nSPS) is 21.3. The summed E-state index contributed by atoms with van der Waals surface area (Å²) in [6.45, 7) is 7.69. The van der Waals surface area contributed by atoms with E-state index in [1.54, 1.807) is 6.20 Å². The van der Waals surface area contributed by atoms with Gasteiger partial charge in [0.1, 0.15) is 0 Å². The van der Waals surface area contributed by atoms with Gasteiger partial charge in [0.15, 0.2) is 5.82 Å². The lowest BCUT2D eigenvalue weighted by Crippen LogP contribution is -2.49. The minimum atomic E-state index is 0.315. The average Bonchev–Trinajstić information content (AvgIpc) is 2.63. The molecule has 6 nitrogen and oxygen atoms in total. The summed E-state index contributed by atoms with van der Waals surface area (Å²) in [5.41, 5.74) is 0. The summed E-state index contributed by atoms with van der Waals surface area (Å²) in [5, 5.41) is 11.5.